The number of aliphatic hydroxyl groups is 1. The van der Waals surface area contributed by atoms with E-state index < -0.39 is 6.36 Å². The predicted octanol–water partition coefficient (Wildman–Crippen LogP) is 1.60. The van der Waals surface area contributed by atoms with Gasteiger partial charge in [0.15, 0.2) is 0 Å². The largest absolute Gasteiger partial charge is 0.501 e. The summed E-state index contributed by atoms with van der Waals surface area (Å²) in [6.07, 6.45) is 0.668. The molecular weight excluding hydrogens is 135 g/mol. The van der Waals surface area contributed by atoms with Crippen LogP contribution in [0.5, 0.6) is 0 Å². The summed E-state index contributed by atoms with van der Waals surface area (Å²) in [7, 11) is 1.46. The lowest BCUT2D eigenvalue weighted by Crippen LogP contribution is -2.00. The quantitative estimate of drug-likeness (QED) is 0.613. The highest BCUT2D eigenvalue weighted by atomic mass is 19.1. The third-order valence-electron chi connectivity index (χ3n) is 1.06. The van der Waals surface area contributed by atoms with Crippen molar-refractivity contribution in [2.75, 3.05) is 7.11 Å². The summed E-state index contributed by atoms with van der Waals surface area (Å²) >= 11 is 0. The molecule has 1 unspecified atom stereocenters. The van der Waals surface area contributed by atoms with Gasteiger partial charge in [0.1, 0.15) is 0 Å². The molecule has 0 bridgehead atoms. The molecule has 2 nitrogen and oxygen atoms in total. The first-order valence-electron chi connectivity index (χ1n) is 3.25. The summed E-state index contributed by atoms with van der Waals surface area (Å²) in [5.41, 5.74) is 0. The minimum atomic E-state index is -1.81. The van der Waals surface area contributed by atoms with Crippen LogP contribution >= 0.6 is 0 Å². The molecule has 0 saturated heterocycles. The molecule has 60 valence electrons. The summed E-state index contributed by atoms with van der Waals surface area (Å²) in [6, 6.07) is 0. The number of halogens is 1. The topological polar surface area (TPSA) is 29.5 Å². The number of rotatable bonds is 4. The first kappa shape index (κ1) is 9.43. The Morgan fingerprint density at radius 3 is 2.70 bits per heavy atom. The van der Waals surface area contributed by atoms with E-state index >= 15 is 0 Å². The van der Waals surface area contributed by atoms with Crippen LogP contribution in [0.15, 0.2) is 11.8 Å². The smallest absolute Gasteiger partial charge is 0.203 e. The van der Waals surface area contributed by atoms with Crippen LogP contribution in [0.4, 0.5) is 4.39 Å². The molecule has 10 heavy (non-hydrogen) atoms. The number of allylic oxidation sites excluding steroid dienone is 1. The fraction of sp³-hybridized carbons (Fsp3) is 0.714. The maximum atomic E-state index is 11.9. The fourth-order valence-corrected chi connectivity index (χ4v) is 0.644. The number of alkyl halides is 1. The lowest BCUT2D eigenvalue weighted by molar-refractivity contribution is 0.0305. The summed E-state index contributed by atoms with van der Waals surface area (Å²) < 4.78 is 16.7. The van der Waals surface area contributed by atoms with Crippen molar-refractivity contribution in [2.24, 2.45) is 0 Å². The van der Waals surface area contributed by atoms with Gasteiger partial charge in [-0.25, -0.2) is 4.39 Å². The van der Waals surface area contributed by atoms with Gasteiger partial charge in [-0.15, -0.1) is 0 Å². The van der Waals surface area contributed by atoms with Crippen molar-refractivity contribution in [3.8, 4) is 0 Å². The van der Waals surface area contributed by atoms with Gasteiger partial charge < -0.3 is 9.84 Å². The van der Waals surface area contributed by atoms with E-state index in [9.17, 15) is 4.39 Å². The van der Waals surface area contributed by atoms with Crippen LogP contribution in [0.3, 0.4) is 0 Å². The number of aliphatic hydroxyl groups excluding tert-OH is 1. The van der Waals surface area contributed by atoms with Crippen molar-refractivity contribution in [2.45, 2.75) is 26.1 Å². The Bertz CT molecular complexity index is 110. The summed E-state index contributed by atoms with van der Waals surface area (Å²) in [5.74, 6) is 0.498. The molecule has 0 aliphatic rings. The molecule has 0 fully saturated rings. The zero-order valence-electron chi connectivity index (χ0n) is 6.30. The molecular formula is C7H13FO2. The van der Waals surface area contributed by atoms with Gasteiger partial charge in [-0.3, -0.25) is 0 Å². The van der Waals surface area contributed by atoms with Crippen LogP contribution in [0.1, 0.15) is 19.8 Å². The Balaban J connectivity index is 3.71. The highest BCUT2D eigenvalue weighted by Crippen LogP contribution is 2.07. The van der Waals surface area contributed by atoms with E-state index in [1.54, 1.807) is 6.08 Å². The van der Waals surface area contributed by atoms with Crippen LogP contribution in [-0.2, 0) is 4.74 Å². The van der Waals surface area contributed by atoms with E-state index in [1.807, 2.05) is 6.92 Å². The third kappa shape index (κ3) is 4.32. The van der Waals surface area contributed by atoms with E-state index in [4.69, 9.17) is 9.84 Å². The van der Waals surface area contributed by atoms with Crippen molar-refractivity contribution in [1.29, 1.82) is 0 Å². The van der Waals surface area contributed by atoms with Gasteiger partial charge in [0, 0.05) is 0 Å². The molecule has 0 aromatic heterocycles. The summed E-state index contributed by atoms with van der Waals surface area (Å²) in [4.78, 5) is 0. The average Bonchev–Trinajstić information content (AvgIpc) is 1.86. The second-order valence-electron chi connectivity index (χ2n) is 1.92. The predicted molar refractivity (Wildman–Crippen MR) is 37.1 cm³/mol. The van der Waals surface area contributed by atoms with Crippen molar-refractivity contribution < 1.29 is 14.2 Å². The molecule has 0 heterocycles. The number of hydrogen-bond acceptors (Lipinski definition) is 2. The Labute approximate surface area is 60.3 Å². The van der Waals surface area contributed by atoms with Gasteiger partial charge in [0.05, 0.1) is 19.3 Å². The molecule has 0 rings (SSSR count). The van der Waals surface area contributed by atoms with Gasteiger partial charge in [-0.2, -0.15) is 0 Å². The molecule has 0 spiro atoms. The van der Waals surface area contributed by atoms with Crippen molar-refractivity contribution >= 4 is 0 Å². The Kier molecular flexibility index (Phi) is 4.94. The highest BCUT2D eigenvalue weighted by Gasteiger charge is 2.03. The van der Waals surface area contributed by atoms with E-state index in [-0.39, 0.29) is 6.42 Å². The lowest BCUT2D eigenvalue weighted by atomic mass is 10.3. The Morgan fingerprint density at radius 2 is 2.40 bits per heavy atom. The van der Waals surface area contributed by atoms with Crippen LogP contribution in [0, 0.1) is 0 Å². The number of ether oxygens (including phenoxy) is 1. The molecule has 0 aliphatic heterocycles. The van der Waals surface area contributed by atoms with E-state index in [0.29, 0.717) is 5.76 Å². The molecule has 0 radical (unpaired) electrons. The maximum absolute atomic E-state index is 11.9. The third-order valence-corrected chi connectivity index (χ3v) is 1.06. The molecule has 0 aromatic carbocycles. The first-order valence-corrected chi connectivity index (χ1v) is 3.25. The Morgan fingerprint density at radius 1 is 1.80 bits per heavy atom. The van der Waals surface area contributed by atoms with Gasteiger partial charge in [-0.1, -0.05) is 6.92 Å². The second-order valence-corrected chi connectivity index (χ2v) is 1.92. The lowest BCUT2D eigenvalue weighted by Gasteiger charge is -2.04. The van der Waals surface area contributed by atoms with Gasteiger partial charge >= 0.3 is 0 Å². The molecule has 0 aromatic rings. The normalized spacial score (nSPS) is 15.0. The van der Waals surface area contributed by atoms with Crippen LogP contribution in [0.25, 0.3) is 0 Å². The SMILES string of the molecule is CC/C=C(\CC(O)F)OC. The van der Waals surface area contributed by atoms with Gasteiger partial charge in [0.2, 0.25) is 6.36 Å². The Hall–Kier alpha value is -0.570. The van der Waals surface area contributed by atoms with E-state index in [2.05, 4.69) is 0 Å². The zero-order chi connectivity index (χ0) is 7.98. The highest BCUT2D eigenvalue weighted by molar-refractivity contribution is 4.92. The fourth-order valence-electron chi connectivity index (χ4n) is 0.644. The van der Waals surface area contributed by atoms with Gasteiger partial charge in [-0.05, 0) is 12.5 Å². The van der Waals surface area contributed by atoms with Crippen LogP contribution < -0.4 is 0 Å². The molecule has 0 saturated carbocycles. The average molecular weight is 148 g/mol. The second kappa shape index (κ2) is 5.23. The monoisotopic (exact) mass is 148 g/mol. The summed E-state index contributed by atoms with van der Waals surface area (Å²) in [5, 5.41) is 8.29. The number of hydrogen-bond donors (Lipinski definition) is 1. The minimum Gasteiger partial charge on any atom is -0.501 e. The summed E-state index contributed by atoms with van der Waals surface area (Å²) in [6.45, 7) is 1.92. The number of methoxy groups -OCH3 is 1. The molecule has 3 heteroatoms. The van der Waals surface area contributed by atoms with Crippen molar-refractivity contribution in [3.05, 3.63) is 11.8 Å². The van der Waals surface area contributed by atoms with Gasteiger partial charge in [0.25, 0.3) is 0 Å². The van der Waals surface area contributed by atoms with Crippen molar-refractivity contribution in [3.63, 3.8) is 0 Å². The molecule has 1 N–H and O–H groups in total. The van der Waals surface area contributed by atoms with Crippen LogP contribution in [0.2, 0.25) is 0 Å². The van der Waals surface area contributed by atoms with E-state index in [0.717, 1.165) is 6.42 Å². The molecule has 1 atom stereocenters. The zero-order valence-corrected chi connectivity index (χ0v) is 6.30. The standard InChI is InChI=1S/C7H13FO2/c1-3-4-6(10-2)5-7(8)9/h4,7,9H,3,5H2,1-2H3/b6-4+. The molecule has 0 amide bonds. The maximum Gasteiger partial charge on any atom is 0.203 e. The van der Waals surface area contributed by atoms with Crippen molar-refractivity contribution in [1.82, 2.24) is 0 Å². The van der Waals surface area contributed by atoms with E-state index in [1.165, 1.54) is 7.11 Å². The minimum absolute atomic E-state index is 0.0513. The van der Waals surface area contributed by atoms with Crippen LogP contribution in [-0.4, -0.2) is 18.6 Å². The molecule has 0 aliphatic carbocycles. The first-order chi connectivity index (χ1) is 4.70.